The molecule has 0 aliphatic carbocycles. The number of primary amides is 1. The van der Waals surface area contributed by atoms with Crippen LogP contribution in [0.3, 0.4) is 0 Å². The van der Waals surface area contributed by atoms with Gasteiger partial charge in [0, 0.05) is 29.1 Å². The molecular formula is C41H47N5O10S. The Morgan fingerprint density at radius 1 is 0.860 bits per heavy atom. The lowest BCUT2D eigenvalue weighted by Crippen LogP contribution is -2.33. The zero-order chi connectivity index (χ0) is 41.3. The van der Waals surface area contributed by atoms with Crippen LogP contribution in [0.1, 0.15) is 33.3 Å². The molecule has 0 atom stereocenters. The van der Waals surface area contributed by atoms with Crippen LogP contribution in [-0.4, -0.2) is 73.1 Å². The lowest BCUT2D eigenvalue weighted by molar-refractivity contribution is -0.148. The summed E-state index contributed by atoms with van der Waals surface area (Å²) in [6.07, 6.45) is 1.58. The molecule has 0 aliphatic heterocycles. The van der Waals surface area contributed by atoms with Crippen LogP contribution in [0.15, 0.2) is 90.0 Å². The van der Waals surface area contributed by atoms with Crippen molar-refractivity contribution >= 4 is 55.7 Å². The lowest BCUT2D eigenvalue weighted by Gasteiger charge is -2.29. The van der Waals surface area contributed by atoms with Crippen molar-refractivity contribution in [3.63, 3.8) is 0 Å². The van der Waals surface area contributed by atoms with E-state index in [0.29, 0.717) is 56.5 Å². The molecule has 4 N–H and O–H groups in total. The van der Waals surface area contributed by atoms with Crippen LogP contribution in [0.25, 0.3) is 10.8 Å². The number of amides is 2. The molecule has 0 saturated heterocycles. The number of esters is 1. The van der Waals surface area contributed by atoms with Gasteiger partial charge in [0.15, 0.2) is 5.75 Å². The Balaban J connectivity index is 1.46. The molecule has 0 saturated carbocycles. The van der Waals surface area contributed by atoms with E-state index >= 15 is 0 Å². The first-order chi connectivity index (χ1) is 27.2. The molecule has 0 radical (unpaired) electrons. The van der Waals surface area contributed by atoms with Gasteiger partial charge >= 0.3 is 12.0 Å². The number of nitrogens with zero attached hydrogens (tertiary/aromatic N) is 2. The topological polar surface area (TPSA) is 190 Å². The number of rotatable bonds is 17. The summed E-state index contributed by atoms with van der Waals surface area (Å²) >= 11 is 0. The maximum absolute atomic E-state index is 13.4. The van der Waals surface area contributed by atoms with Crippen LogP contribution in [0.4, 0.5) is 27.7 Å². The summed E-state index contributed by atoms with van der Waals surface area (Å²) < 4.78 is 63.0. The molecule has 4 aromatic carbocycles. The van der Waals surface area contributed by atoms with Crippen LogP contribution >= 0.6 is 0 Å². The molecular weight excluding hydrogens is 755 g/mol. The van der Waals surface area contributed by atoms with Gasteiger partial charge < -0.3 is 39.5 Å². The highest BCUT2D eigenvalue weighted by Gasteiger charge is 2.33. The molecule has 0 unspecified atom stereocenters. The zero-order valence-electron chi connectivity index (χ0n) is 32.9. The highest BCUT2D eigenvalue weighted by Crippen LogP contribution is 2.46. The SMILES string of the molecule is CCOC(=O)COCCOc1cc(OC)ccc1Nc1cc(Oc2ccc(N(C(N)=O)c3ccc(C(C)(C)C)c(S(=O)(=O)NC)c3OC)c3ccccc23)ccn1. The van der Waals surface area contributed by atoms with Crippen molar-refractivity contribution in [3.8, 4) is 28.7 Å². The van der Waals surface area contributed by atoms with Crippen molar-refractivity contribution in [2.75, 3.05) is 57.9 Å². The van der Waals surface area contributed by atoms with E-state index in [2.05, 4.69) is 15.0 Å². The molecule has 16 heteroatoms. The van der Waals surface area contributed by atoms with E-state index in [-0.39, 0.29) is 42.8 Å². The van der Waals surface area contributed by atoms with Crippen LogP contribution in [-0.2, 0) is 29.7 Å². The Bertz CT molecular complexity index is 2350. The second-order valence-corrected chi connectivity index (χ2v) is 15.2. The van der Waals surface area contributed by atoms with Crippen molar-refractivity contribution in [2.45, 2.75) is 38.0 Å². The average molecular weight is 802 g/mol. The molecule has 302 valence electrons. The number of anilines is 4. The molecule has 57 heavy (non-hydrogen) atoms. The van der Waals surface area contributed by atoms with E-state index in [0.717, 1.165) is 0 Å². The van der Waals surface area contributed by atoms with Gasteiger partial charge in [0.05, 0.1) is 44.5 Å². The van der Waals surface area contributed by atoms with E-state index in [1.54, 1.807) is 87.0 Å². The number of carbonyl (C=O) groups is 2. The Labute approximate surface area is 332 Å². The second kappa shape index (κ2) is 18.2. The van der Waals surface area contributed by atoms with Crippen LogP contribution in [0.2, 0.25) is 0 Å². The van der Waals surface area contributed by atoms with Gasteiger partial charge in [-0.15, -0.1) is 0 Å². The van der Waals surface area contributed by atoms with Gasteiger partial charge in [0.2, 0.25) is 10.0 Å². The third-order valence-electron chi connectivity index (χ3n) is 8.63. The van der Waals surface area contributed by atoms with E-state index in [1.165, 1.54) is 19.1 Å². The number of benzene rings is 4. The van der Waals surface area contributed by atoms with Gasteiger partial charge in [-0.2, -0.15) is 0 Å². The fourth-order valence-corrected chi connectivity index (χ4v) is 7.32. The summed E-state index contributed by atoms with van der Waals surface area (Å²) in [6.45, 7) is 7.78. The fraction of sp³-hybridized carbons (Fsp3) is 0.293. The molecule has 15 nitrogen and oxygen atoms in total. The normalized spacial score (nSPS) is 11.5. The maximum atomic E-state index is 13.4. The Kier molecular flexibility index (Phi) is 13.4. The minimum atomic E-state index is -4.06. The first-order valence-corrected chi connectivity index (χ1v) is 19.4. The van der Waals surface area contributed by atoms with Crippen molar-refractivity contribution in [3.05, 3.63) is 90.6 Å². The number of hydrogen-bond donors (Lipinski definition) is 3. The number of urea groups is 1. The van der Waals surface area contributed by atoms with Crippen molar-refractivity contribution < 1.29 is 46.4 Å². The summed E-state index contributed by atoms with van der Waals surface area (Å²) in [6, 6.07) is 21.7. The Hall–Kier alpha value is -6.10. The third kappa shape index (κ3) is 9.83. The van der Waals surface area contributed by atoms with Crippen molar-refractivity contribution in [2.24, 2.45) is 5.73 Å². The summed E-state index contributed by atoms with van der Waals surface area (Å²) in [7, 11) is 0.152. The van der Waals surface area contributed by atoms with Crippen LogP contribution < -0.4 is 39.6 Å². The predicted molar refractivity (Wildman–Crippen MR) is 217 cm³/mol. The highest BCUT2D eigenvalue weighted by molar-refractivity contribution is 7.89. The molecule has 2 amide bonds. The quantitative estimate of drug-likeness (QED) is 0.0636. The molecule has 0 bridgehead atoms. The number of methoxy groups -OCH3 is 2. The van der Waals surface area contributed by atoms with Gasteiger partial charge in [0.1, 0.15) is 46.9 Å². The molecule has 0 aliphatic rings. The van der Waals surface area contributed by atoms with Crippen molar-refractivity contribution in [1.29, 1.82) is 0 Å². The van der Waals surface area contributed by atoms with E-state index in [1.807, 2.05) is 32.9 Å². The Morgan fingerprint density at radius 3 is 2.26 bits per heavy atom. The number of pyridine rings is 1. The monoisotopic (exact) mass is 801 g/mol. The van der Waals surface area contributed by atoms with Crippen LogP contribution in [0.5, 0.6) is 28.7 Å². The highest BCUT2D eigenvalue weighted by atomic mass is 32.2. The summed E-state index contributed by atoms with van der Waals surface area (Å²) in [4.78, 5) is 30.5. The number of aromatic nitrogens is 1. The molecule has 1 heterocycles. The third-order valence-corrected chi connectivity index (χ3v) is 10.1. The zero-order valence-corrected chi connectivity index (χ0v) is 33.7. The minimum Gasteiger partial charge on any atom is -0.497 e. The van der Waals surface area contributed by atoms with Gasteiger partial charge in [0.25, 0.3) is 0 Å². The second-order valence-electron chi connectivity index (χ2n) is 13.4. The summed E-state index contributed by atoms with van der Waals surface area (Å²) in [5.41, 5.74) is 7.04. The number of nitrogens with two attached hydrogens (primary N) is 1. The van der Waals surface area contributed by atoms with E-state index in [4.69, 9.17) is 34.2 Å². The number of fused-ring (bicyclic) bond motifs is 1. The average Bonchev–Trinajstić information content (AvgIpc) is 3.18. The summed E-state index contributed by atoms with van der Waals surface area (Å²) in [5.74, 6) is 1.89. The fourth-order valence-electron chi connectivity index (χ4n) is 6.02. The predicted octanol–water partition coefficient (Wildman–Crippen LogP) is 7.17. The largest absolute Gasteiger partial charge is 0.497 e. The van der Waals surface area contributed by atoms with Crippen molar-refractivity contribution in [1.82, 2.24) is 9.71 Å². The van der Waals surface area contributed by atoms with Gasteiger partial charge in [-0.1, -0.05) is 51.1 Å². The molecule has 1 aromatic heterocycles. The van der Waals surface area contributed by atoms with Crippen LogP contribution in [0, 0.1) is 0 Å². The molecule has 0 spiro atoms. The van der Waals surface area contributed by atoms with Gasteiger partial charge in [-0.05, 0) is 61.3 Å². The Morgan fingerprint density at radius 2 is 1.60 bits per heavy atom. The smallest absolute Gasteiger partial charge is 0.332 e. The molecule has 0 fully saturated rings. The number of nitrogens with one attached hydrogen (secondary N) is 2. The van der Waals surface area contributed by atoms with E-state index in [9.17, 15) is 18.0 Å². The van der Waals surface area contributed by atoms with E-state index < -0.39 is 27.4 Å². The number of carbonyl (C=O) groups excluding carboxylic acids is 2. The maximum Gasteiger partial charge on any atom is 0.332 e. The first kappa shape index (κ1) is 42.1. The number of sulfonamides is 1. The number of ether oxygens (including phenoxy) is 6. The minimum absolute atomic E-state index is 0.0375. The molecule has 5 aromatic rings. The van der Waals surface area contributed by atoms with Gasteiger partial charge in [-0.3, -0.25) is 4.90 Å². The lowest BCUT2D eigenvalue weighted by atomic mass is 9.86. The summed E-state index contributed by atoms with van der Waals surface area (Å²) in [5, 5.41) is 4.48. The molecule has 5 rings (SSSR count). The standard InChI is InChI=1S/C41H47N5O10S/c1-8-54-37(47)25-53-21-22-55-35-23-26(51-6)13-15-31(35)45-36-24-27(19-20-44-36)56-34-18-17-32(28-11-9-10-12-29(28)34)46(40(42)48)33-16-14-30(41(2,3)4)39(38(33)52-7)57(49,50)43-5/h9-20,23-24,43H,8,21-22,25H2,1-7H3,(H2,42,48)(H,44,45). The number of hydrogen-bond acceptors (Lipinski definition) is 12. The van der Waals surface area contributed by atoms with Gasteiger partial charge in [-0.25, -0.2) is 27.7 Å². The first-order valence-electron chi connectivity index (χ1n) is 17.9.